The van der Waals surface area contributed by atoms with Crippen LogP contribution in [-0.2, 0) is 20.4 Å². The lowest BCUT2D eigenvalue weighted by Crippen LogP contribution is -2.38. The number of thiophene rings is 2. The van der Waals surface area contributed by atoms with E-state index < -0.39 is 21.6 Å². The van der Waals surface area contributed by atoms with Gasteiger partial charge in [-0.3, -0.25) is 0 Å². The zero-order valence-corrected chi connectivity index (χ0v) is 16.5. The van der Waals surface area contributed by atoms with Gasteiger partial charge in [0.2, 0.25) is 10.0 Å². The van der Waals surface area contributed by atoms with Crippen LogP contribution in [0.2, 0.25) is 0 Å². The number of carbonyl (C=O) groups is 1. The van der Waals surface area contributed by atoms with Crippen LogP contribution in [0.15, 0.2) is 46.7 Å². The van der Waals surface area contributed by atoms with Gasteiger partial charge in [-0.15, -0.1) is 22.7 Å². The number of aliphatic hydroxyl groups is 1. The van der Waals surface area contributed by atoms with E-state index in [1.54, 1.807) is 6.92 Å². The second-order valence-electron chi connectivity index (χ2n) is 5.85. The zero-order valence-electron chi connectivity index (χ0n) is 14.1. The second kappa shape index (κ2) is 7.09. The number of methoxy groups -OCH3 is 1. The highest BCUT2D eigenvalue weighted by molar-refractivity contribution is 7.89. The van der Waals surface area contributed by atoms with Crippen molar-refractivity contribution in [2.45, 2.75) is 17.4 Å². The van der Waals surface area contributed by atoms with E-state index in [2.05, 4.69) is 9.46 Å². The molecule has 0 aliphatic carbocycles. The first kappa shape index (κ1) is 19.0. The molecule has 1 aromatic carbocycles. The Morgan fingerprint density at radius 2 is 2.04 bits per heavy atom. The van der Waals surface area contributed by atoms with Crippen LogP contribution in [0, 0.1) is 0 Å². The van der Waals surface area contributed by atoms with Crippen molar-refractivity contribution in [3.63, 3.8) is 0 Å². The van der Waals surface area contributed by atoms with Gasteiger partial charge in [-0.25, -0.2) is 17.9 Å². The number of sulfonamides is 1. The van der Waals surface area contributed by atoms with Gasteiger partial charge in [-0.2, -0.15) is 0 Å². The zero-order chi connectivity index (χ0) is 18.9. The Morgan fingerprint density at radius 3 is 2.73 bits per heavy atom. The summed E-state index contributed by atoms with van der Waals surface area (Å²) in [6, 6.07) is 10.9. The van der Waals surface area contributed by atoms with Crippen LogP contribution >= 0.6 is 22.7 Å². The van der Waals surface area contributed by atoms with E-state index in [4.69, 9.17) is 0 Å². The molecule has 1 atom stereocenters. The van der Waals surface area contributed by atoms with Gasteiger partial charge >= 0.3 is 5.97 Å². The lowest BCUT2D eigenvalue weighted by Gasteiger charge is -2.22. The van der Waals surface area contributed by atoms with Crippen LogP contribution in [0.3, 0.4) is 0 Å². The molecule has 0 radical (unpaired) electrons. The maximum Gasteiger partial charge on any atom is 0.349 e. The molecular formula is C17H17NO5S3. The third-order valence-corrected chi connectivity index (χ3v) is 7.69. The first-order chi connectivity index (χ1) is 12.2. The number of ether oxygens (including phenoxy) is 1. The molecule has 0 aliphatic rings. The van der Waals surface area contributed by atoms with Crippen LogP contribution < -0.4 is 4.72 Å². The molecule has 2 aromatic heterocycles. The summed E-state index contributed by atoms with van der Waals surface area (Å²) < 4.78 is 33.1. The normalized spacial score (nSPS) is 14.3. The number of carbonyl (C=O) groups excluding carboxylic acids is 1. The van der Waals surface area contributed by atoms with Crippen molar-refractivity contribution in [2.75, 3.05) is 13.7 Å². The fourth-order valence-corrected chi connectivity index (χ4v) is 5.97. The number of benzene rings is 1. The first-order valence-corrected chi connectivity index (χ1v) is 10.8. The van der Waals surface area contributed by atoms with Crippen LogP contribution in [-0.4, -0.2) is 33.1 Å². The number of esters is 1. The highest BCUT2D eigenvalue weighted by Crippen LogP contribution is 2.33. The Kier molecular flexibility index (Phi) is 5.18. The Labute approximate surface area is 159 Å². The highest BCUT2D eigenvalue weighted by atomic mass is 32.2. The minimum atomic E-state index is -3.97. The molecule has 2 N–H and O–H groups in total. The number of nitrogens with one attached hydrogen (secondary N) is 1. The van der Waals surface area contributed by atoms with E-state index in [0.29, 0.717) is 4.88 Å². The van der Waals surface area contributed by atoms with Gasteiger partial charge in [0.25, 0.3) is 0 Å². The third-order valence-electron chi connectivity index (χ3n) is 3.85. The number of hydrogen-bond donors (Lipinski definition) is 2. The molecule has 0 aliphatic heterocycles. The molecule has 0 saturated heterocycles. The third kappa shape index (κ3) is 3.67. The molecule has 0 spiro atoms. The fraction of sp³-hybridized carbons (Fsp3) is 0.235. The van der Waals surface area contributed by atoms with E-state index in [-0.39, 0.29) is 16.3 Å². The molecule has 6 nitrogen and oxygen atoms in total. The van der Waals surface area contributed by atoms with Crippen LogP contribution in [0.5, 0.6) is 0 Å². The summed E-state index contributed by atoms with van der Waals surface area (Å²) in [6.07, 6.45) is 0. The van der Waals surface area contributed by atoms with Crippen molar-refractivity contribution in [1.29, 1.82) is 0 Å². The van der Waals surface area contributed by atoms with Gasteiger partial charge in [-0.05, 0) is 35.9 Å². The molecule has 0 fully saturated rings. The Morgan fingerprint density at radius 1 is 1.31 bits per heavy atom. The van der Waals surface area contributed by atoms with E-state index in [0.717, 1.165) is 21.4 Å². The molecule has 0 amide bonds. The summed E-state index contributed by atoms with van der Waals surface area (Å²) in [5.74, 6) is -0.711. The van der Waals surface area contributed by atoms with Gasteiger partial charge in [-0.1, -0.05) is 18.2 Å². The molecule has 0 bridgehead atoms. The average molecular weight is 412 g/mol. The Bertz CT molecular complexity index is 1020. The highest BCUT2D eigenvalue weighted by Gasteiger charge is 2.30. The molecule has 0 saturated carbocycles. The maximum absolute atomic E-state index is 12.6. The Hall–Kier alpha value is -1.78. The lowest BCUT2D eigenvalue weighted by molar-refractivity contribution is 0.0602. The molecular weight excluding hydrogens is 394 g/mol. The maximum atomic E-state index is 12.6. The van der Waals surface area contributed by atoms with E-state index >= 15 is 0 Å². The largest absolute Gasteiger partial charge is 0.465 e. The van der Waals surface area contributed by atoms with E-state index in [1.165, 1.54) is 29.9 Å². The Balaban J connectivity index is 1.82. The van der Waals surface area contributed by atoms with Crippen molar-refractivity contribution >= 4 is 48.8 Å². The molecule has 9 heteroatoms. The molecule has 2 heterocycles. The fourth-order valence-electron chi connectivity index (χ4n) is 2.40. The summed E-state index contributed by atoms with van der Waals surface area (Å²) in [4.78, 5) is 12.2. The van der Waals surface area contributed by atoms with Crippen molar-refractivity contribution in [3.05, 3.63) is 51.5 Å². The van der Waals surface area contributed by atoms with Crippen molar-refractivity contribution < 1.29 is 23.1 Å². The topological polar surface area (TPSA) is 92.7 Å². The average Bonchev–Trinajstić information content (AvgIpc) is 3.27. The lowest BCUT2D eigenvalue weighted by atomic mass is 10.1. The standard InChI is InChI=1S/C17H17NO5S3/c1-17(20,14-9-11-5-3-4-6-12(11)25-14)10-18-26(21,22)13-7-8-24-15(13)16(19)23-2/h3-9,18,20H,10H2,1-2H3/t17-/m0/s1. The summed E-state index contributed by atoms with van der Waals surface area (Å²) in [5, 5.41) is 13.3. The smallest absolute Gasteiger partial charge is 0.349 e. The van der Waals surface area contributed by atoms with Gasteiger partial charge in [0, 0.05) is 16.1 Å². The summed E-state index contributed by atoms with van der Waals surface area (Å²) >= 11 is 2.39. The quantitative estimate of drug-likeness (QED) is 0.609. The van der Waals surface area contributed by atoms with Crippen molar-refractivity contribution in [3.8, 4) is 0 Å². The SMILES string of the molecule is COC(=O)c1sccc1S(=O)(=O)NC[C@](C)(O)c1cc2ccccc2s1. The minimum Gasteiger partial charge on any atom is -0.465 e. The van der Waals surface area contributed by atoms with Gasteiger partial charge < -0.3 is 9.84 Å². The van der Waals surface area contributed by atoms with Gasteiger partial charge in [0.1, 0.15) is 15.4 Å². The van der Waals surface area contributed by atoms with Crippen LogP contribution in [0.25, 0.3) is 10.1 Å². The number of fused-ring (bicyclic) bond motifs is 1. The van der Waals surface area contributed by atoms with E-state index in [9.17, 15) is 18.3 Å². The molecule has 0 unspecified atom stereocenters. The van der Waals surface area contributed by atoms with Crippen molar-refractivity contribution in [2.24, 2.45) is 0 Å². The summed E-state index contributed by atoms with van der Waals surface area (Å²) in [7, 11) is -2.78. The van der Waals surface area contributed by atoms with Crippen molar-refractivity contribution in [1.82, 2.24) is 4.72 Å². The van der Waals surface area contributed by atoms with Gasteiger partial charge in [0.05, 0.1) is 7.11 Å². The molecule has 3 aromatic rings. The predicted octanol–water partition coefficient (Wildman–Crippen LogP) is 2.94. The van der Waals surface area contributed by atoms with Crippen LogP contribution in [0.4, 0.5) is 0 Å². The van der Waals surface area contributed by atoms with E-state index in [1.807, 2.05) is 30.3 Å². The van der Waals surface area contributed by atoms with Crippen LogP contribution in [0.1, 0.15) is 21.5 Å². The number of rotatable bonds is 6. The molecule has 138 valence electrons. The summed E-state index contributed by atoms with van der Waals surface area (Å²) in [6.45, 7) is 1.33. The monoisotopic (exact) mass is 411 g/mol. The number of hydrogen-bond acceptors (Lipinski definition) is 7. The first-order valence-electron chi connectivity index (χ1n) is 7.61. The molecule has 26 heavy (non-hydrogen) atoms. The minimum absolute atomic E-state index is 0.00139. The predicted molar refractivity (Wildman–Crippen MR) is 102 cm³/mol. The van der Waals surface area contributed by atoms with Gasteiger partial charge in [0.15, 0.2) is 0 Å². The second-order valence-corrected chi connectivity index (χ2v) is 9.59. The summed E-state index contributed by atoms with van der Waals surface area (Å²) in [5.41, 5.74) is -1.39. The molecule has 3 rings (SSSR count).